The molecule has 0 unspecified atom stereocenters. The zero-order chi connectivity index (χ0) is 17.6. The maximum absolute atomic E-state index is 13.5. The molecule has 0 aliphatic carbocycles. The number of carbonyl (C=O) groups is 1. The Labute approximate surface area is 144 Å². The van der Waals surface area contributed by atoms with E-state index in [0.29, 0.717) is 13.1 Å². The Morgan fingerprint density at radius 3 is 2.56 bits per heavy atom. The average Bonchev–Trinajstić information content (AvgIpc) is 2.63. The molecule has 1 aromatic carbocycles. The summed E-state index contributed by atoms with van der Waals surface area (Å²) < 4.78 is 18.8. The third-order valence-corrected chi connectivity index (χ3v) is 4.17. The van der Waals surface area contributed by atoms with Gasteiger partial charge in [0.05, 0.1) is 0 Å². The number of halogens is 1. The summed E-state index contributed by atoms with van der Waals surface area (Å²) >= 11 is 0. The van der Waals surface area contributed by atoms with Crippen LogP contribution in [0, 0.1) is 5.82 Å². The Hall–Kier alpha value is -2.67. The molecule has 1 aliphatic rings. The van der Waals surface area contributed by atoms with Gasteiger partial charge in [-0.25, -0.2) is 4.39 Å². The van der Waals surface area contributed by atoms with E-state index in [4.69, 9.17) is 4.74 Å². The second-order valence-electron chi connectivity index (χ2n) is 5.94. The number of nitrogens with one attached hydrogen (secondary N) is 1. The van der Waals surface area contributed by atoms with E-state index in [0.717, 1.165) is 25.2 Å². The quantitative estimate of drug-likeness (QED) is 0.885. The highest BCUT2D eigenvalue weighted by atomic mass is 19.1. The number of benzene rings is 1. The molecule has 1 fully saturated rings. The molecule has 1 aliphatic heterocycles. The van der Waals surface area contributed by atoms with Crippen LogP contribution in [0.4, 0.5) is 4.39 Å². The molecule has 1 N–H and O–H groups in total. The number of ether oxygens (including phenoxy) is 1. The van der Waals surface area contributed by atoms with Crippen molar-refractivity contribution in [3.8, 4) is 5.75 Å². The van der Waals surface area contributed by atoms with E-state index in [2.05, 4.69) is 9.88 Å². The highest BCUT2D eigenvalue weighted by Gasteiger charge is 2.21. The molecule has 7 heteroatoms. The molecule has 2 heterocycles. The van der Waals surface area contributed by atoms with Gasteiger partial charge in [-0.1, -0.05) is 18.2 Å². The molecule has 1 aromatic heterocycles. The van der Waals surface area contributed by atoms with Gasteiger partial charge in [0, 0.05) is 45.0 Å². The van der Waals surface area contributed by atoms with Crippen molar-refractivity contribution in [2.75, 3.05) is 32.8 Å². The van der Waals surface area contributed by atoms with Gasteiger partial charge in [-0.15, -0.1) is 0 Å². The van der Waals surface area contributed by atoms with Crippen LogP contribution in [0.2, 0.25) is 0 Å². The molecule has 0 saturated carbocycles. The number of H-pyrrole nitrogens is 1. The summed E-state index contributed by atoms with van der Waals surface area (Å²) in [6, 6.07) is 9.36. The van der Waals surface area contributed by atoms with Crippen molar-refractivity contribution in [1.82, 2.24) is 14.8 Å². The largest absolute Gasteiger partial charge is 0.481 e. The van der Waals surface area contributed by atoms with Gasteiger partial charge < -0.3 is 14.6 Å². The summed E-state index contributed by atoms with van der Waals surface area (Å²) in [5, 5.41) is 0. The number of para-hydroxylation sites is 1. The topological polar surface area (TPSA) is 65.6 Å². The first kappa shape index (κ1) is 17.2. The number of rotatable bonds is 5. The Kier molecular flexibility index (Phi) is 5.45. The summed E-state index contributed by atoms with van der Waals surface area (Å²) in [5.74, 6) is -0.527. The lowest BCUT2D eigenvalue weighted by atomic mass is 10.2. The molecule has 3 rings (SSSR count). The molecular formula is C18H20FN3O3. The SMILES string of the molecule is O=C(COc1ccccc1F)N1CCN(Cc2ccc(=O)[nH]c2)CC1. The molecule has 0 atom stereocenters. The van der Waals surface area contributed by atoms with Crippen molar-refractivity contribution in [1.29, 1.82) is 0 Å². The Morgan fingerprint density at radius 1 is 1.12 bits per heavy atom. The van der Waals surface area contributed by atoms with Crippen LogP contribution in [0.1, 0.15) is 5.56 Å². The number of amides is 1. The van der Waals surface area contributed by atoms with Gasteiger partial charge in [0.15, 0.2) is 18.2 Å². The number of aromatic amines is 1. The van der Waals surface area contributed by atoms with E-state index < -0.39 is 5.82 Å². The minimum Gasteiger partial charge on any atom is -0.481 e. The summed E-state index contributed by atoms with van der Waals surface area (Å²) in [6.07, 6.45) is 1.71. The monoisotopic (exact) mass is 345 g/mol. The average molecular weight is 345 g/mol. The van der Waals surface area contributed by atoms with Gasteiger partial charge in [-0.3, -0.25) is 14.5 Å². The smallest absolute Gasteiger partial charge is 0.260 e. The first-order valence-corrected chi connectivity index (χ1v) is 8.17. The maximum Gasteiger partial charge on any atom is 0.260 e. The van der Waals surface area contributed by atoms with Crippen LogP contribution in [0.15, 0.2) is 47.4 Å². The lowest BCUT2D eigenvalue weighted by molar-refractivity contribution is -0.135. The second kappa shape index (κ2) is 7.94. The van der Waals surface area contributed by atoms with Gasteiger partial charge in [0.1, 0.15) is 0 Å². The molecule has 132 valence electrons. The molecule has 6 nitrogen and oxygen atoms in total. The van der Waals surface area contributed by atoms with Gasteiger partial charge in [0.2, 0.25) is 5.56 Å². The highest BCUT2D eigenvalue weighted by molar-refractivity contribution is 5.77. The fraction of sp³-hybridized carbons (Fsp3) is 0.333. The van der Waals surface area contributed by atoms with Gasteiger partial charge in [0.25, 0.3) is 5.91 Å². The van der Waals surface area contributed by atoms with Crippen molar-refractivity contribution in [2.45, 2.75) is 6.54 Å². The van der Waals surface area contributed by atoms with Crippen LogP contribution in [0.25, 0.3) is 0 Å². The Morgan fingerprint density at radius 2 is 1.88 bits per heavy atom. The van der Waals surface area contributed by atoms with Crippen LogP contribution in [0.5, 0.6) is 5.75 Å². The normalized spacial score (nSPS) is 15.2. The van der Waals surface area contributed by atoms with E-state index in [1.807, 2.05) is 0 Å². The third-order valence-electron chi connectivity index (χ3n) is 4.17. The Balaban J connectivity index is 1.45. The van der Waals surface area contributed by atoms with E-state index >= 15 is 0 Å². The van der Waals surface area contributed by atoms with Crippen molar-refractivity contribution in [3.63, 3.8) is 0 Å². The van der Waals surface area contributed by atoms with Crippen LogP contribution >= 0.6 is 0 Å². The fourth-order valence-electron chi connectivity index (χ4n) is 2.75. The summed E-state index contributed by atoms with van der Waals surface area (Å²) in [7, 11) is 0. The third kappa shape index (κ3) is 4.67. The van der Waals surface area contributed by atoms with Gasteiger partial charge in [-0.2, -0.15) is 0 Å². The number of nitrogens with zero attached hydrogens (tertiary/aromatic N) is 2. The molecule has 1 saturated heterocycles. The van der Waals surface area contributed by atoms with Crippen LogP contribution in [0.3, 0.4) is 0 Å². The van der Waals surface area contributed by atoms with Crippen LogP contribution < -0.4 is 10.3 Å². The molecule has 1 amide bonds. The first-order valence-electron chi connectivity index (χ1n) is 8.17. The van der Waals surface area contributed by atoms with E-state index in [9.17, 15) is 14.0 Å². The lowest BCUT2D eigenvalue weighted by Crippen LogP contribution is -2.49. The molecule has 0 radical (unpaired) electrons. The minimum absolute atomic E-state index is 0.0903. The lowest BCUT2D eigenvalue weighted by Gasteiger charge is -2.34. The zero-order valence-corrected chi connectivity index (χ0v) is 13.8. The van der Waals surface area contributed by atoms with Crippen molar-refractivity contribution in [3.05, 3.63) is 64.3 Å². The molecule has 0 bridgehead atoms. The standard InChI is InChI=1S/C18H20FN3O3/c19-15-3-1-2-4-16(15)25-13-18(24)22-9-7-21(8-10-22)12-14-5-6-17(23)20-11-14/h1-6,11H,7-10,12-13H2,(H,20,23). The molecule has 2 aromatic rings. The predicted molar refractivity (Wildman–Crippen MR) is 90.8 cm³/mol. The van der Waals surface area contributed by atoms with Crippen molar-refractivity contribution in [2.24, 2.45) is 0 Å². The van der Waals surface area contributed by atoms with Gasteiger partial charge >= 0.3 is 0 Å². The molecule has 25 heavy (non-hydrogen) atoms. The van der Waals surface area contributed by atoms with Crippen molar-refractivity contribution >= 4 is 5.91 Å². The fourth-order valence-corrected chi connectivity index (χ4v) is 2.75. The summed E-state index contributed by atoms with van der Waals surface area (Å²) in [6.45, 7) is 3.24. The number of pyridine rings is 1. The van der Waals surface area contributed by atoms with Crippen LogP contribution in [-0.2, 0) is 11.3 Å². The van der Waals surface area contributed by atoms with E-state index in [-0.39, 0.29) is 23.8 Å². The maximum atomic E-state index is 13.5. The van der Waals surface area contributed by atoms with Crippen molar-refractivity contribution < 1.29 is 13.9 Å². The number of carbonyl (C=O) groups excluding carboxylic acids is 1. The van der Waals surface area contributed by atoms with Crippen LogP contribution in [-0.4, -0.2) is 53.5 Å². The molecule has 0 spiro atoms. The Bertz CT molecular complexity index is 765. The van der Waals surface area contributed by atoms with Gasteiger partial charge in [-0.05, 0) is 17.7 Å². The number of aromatic nitrogens is 1. The summed E-state index contributed by atoms with van der Waals surface area (Å²) in [4.78, 5) is 29.9. The number of piperazine rings is 1. The predicted octanol–water partition coefficient (Wildman–Crippen LogP) is 1.24. The number of hydrogen-bond donors (Lipinski definition) is 1. The number of hydrogen-bond acceptors (Lipinski definition) is 4. The molecular weight excluding hydrogens is 325 g/mol. The van der Waals surface area contributed by atoms with E-state index in [1.54, 1.807) is 29.3 Å². The highest BCUT2D eigenvalue weighted by Crippen LogP contribution is 2.15. The first-order chi connectivity index (χ1) is 12.1. The minimum atomic E-state index is -0.471. The second-order valence-corrected chi connectivity index (χ2v) is 5.94. The summed E-state index contributed by atoms with van der Waals surface area (Å²) in [5.41, 5.74) is 0.913. The van der Waals surface area contributed by atoms with E-state index in [1.165, 1.54) is 18.2 Å². The zero-order valence-electron chi connectivity index (χ0n) is 13.8.